The summed E-state index contributed by atoms with van der Waals surface area (Å²) in [5.41, 5.74) is 3.47. The number of amides is 2. The molecule has 1 unspecified atom stereocenters. The van der Waals surface area contributed by atoms with Crippen molar-refractivity contribution < 1.29 is 19.1 Å². The van der Waals surface area contributed by atoms with Crippen molar-refractivity contribution in [2.24, 2.45) is 11.0 Å². The second-order valence-electron chi connectivity index (χ2n) is 6.88. The van der Waals surface area contributed by atoms with E-state index >= 15 is 0 Å². The smallest absolute Gasteiger partial charge is 0.262 e. The molecular formula is C22H25BrClN3O4. The summed E-state index contributed by atoms with van der Waals surface area (Å²) in [6.07, 6.45) is 1.48. The number of halogens is 2. The van der Waals surface area contributed by atoms with Gasteiger partial charge in [0.25, 0.3) is 11.8 Å². The number of rotatable bonds is 9. The van der Waals surface area contributed by atoms with E-state index in [2.05, 4.69) is 31.8 Å². The number of hydrogen-bond donors (Lipinski definition) is 2. The average molecular weight is 511 g/mol. The number of carbonyl (C=O) groups is 2. The van der Waals surface area contributed by atoms with E-state index in [-0.39, 0.29) is 5.92 Å². The zero-order valence-electron chi connectivity index (χ0n) is 17.7. The molecule has 0 aromatic heterocycles. The normalized spacial score (nSPS) is 12.0. The van der Waals surface area contributed by atoms with Gasteiger partial charge in [-0.1, -0.05) is 37.6 Å². The predicted octanol–water partition coefficient (Wildman–Crippen LogP) is 4.41. The number of nitrogens with zero attached hydrogens (tertiary/aromatic N) is 1. The van der Waals surface area contributed by atoms with Crippen LogP contribution in [0.15, 0.2) is 46.0 Å². The highest BCUT2D eigenvalue weighted by atomic mass is 79.9. The van der Waals surface area contributed by atoms with Crippen LogP contribution in [0.25, 0.3) is 0 Å². The molecule has 166 valence electrons. The summed E-state index contributed by atoms with van der Waals surface area (Å²) >= 11 is 9.52. The van der Waals surface area contributed by atoms with E-state index in [0.29, 0.717) is 38.7 Å². The van der Waals surface area contributed by atoms with Gasteiger partial charge in [0.1, 0.15) is 6.04 Å². The molecule has 7 nitrogen and oxygen atoms in total. The van der Waals surface area contributed by atoms with Crippen LogP contribution in [-0.2, 0) is 4.79 Å². The first kappa shape index (κ1) is 24.7. The van der Waals surface area contributed by atoms with Gasteiger partial charge in [-0.25, -0.2) is 5.43 Å². The number of hydrogen-bond acceptors (Lipinski definition) is 5. The van der Waals surface area contributed by atoms with Gasteiger partial charge in [-0.2, -0.15) is 5.10 Å². The maximum atomic E-state index is 12.6. The van der Waals surface area contributed by atoms with Crippen LogP contribution in [0.2, 0.25) is 5.02 Å². The number of carbonyl (C=O) groups excluding carboxylic acids is 2. The fourth-order valence-electron chi connectivity index (χ4n) is 2.74. The molecule has 1 atom stereocenters. The molecule has 2 aromatic carbocycles. The standard InChI is InChI=1S/C22H25BrClN3O4/c1-5-31-20-16(23)10-14(11-18(20)30-4)12-25-27-22(29)19(13(2)3)26-21(28)15-8-6-7-9-17(15)24/h6-13,19H,5H2,1-4H3,(H,26,28)(H,27,29)/b25-12-. The summed E-state index contributed by atoms with van der Waals surface area (Å²) < 4.78 is 11.6. The maximum Gasteiger partial charge on any atom is 0.262 e. The minimum Gasteiger partial charge on any atom is -0.493 e. The van der Waals surface area contributed by atoms with Gasteiger partial charge in [-0.3, -0.25) is 9.59 Å². The van der Waals surface area contributed by atoms with Crippen molar-refractivity contribution in [2.75, 3.05) is 13.7 Å². The Morgan fingerprint density at radius 3 is 2.58 bits per heavy atom. The summed E-state index contributed by atoms with van der Waals surface area (Å²) in [5, 5.41) is 7.05. The molecule has 2 rings (SSSR count). The summed E-state index contributed by atoms with van der Waals surface area (Å²) in [5.74, 6) is 0.0954. The van der Waals surface area contributed by atoms with E-state index in [1.807, 2.05) is 20.8 Å². The number of benzene rings is 2. The van der Waals surface area contributed by atoms with Crippen molar-refractivity contribution in [1.29, 1.82) is 0 Å². The number of nitrogens with one attached hydrogen (secondary N) is 2. The molecule has 0 aliphatic carbocycles. The Morgan fingerprint density at radius 2 is 1.97 bits per heavy atom. The van der Waals surface area contributed by atoms with Gasteiger partial charge in [0.2, 0.25) is 0 Å². The molecule has 2 aromatic rings. The Hall–Kier alpha value is -2.58. The Balaban J connectivity index is 2.10. The van der Waals surface area contributed by atoms with E-state index in [4.69, 9.17) is 21.1 Å². The largest absolute Gasteiger partial charge is 0.493 e. The Morgan fingerprint density at radius 1 is 1.26 bits per heavy atom. The van der Waals surface area contributed by atoms with E-state index in [0.717, 1.165) is 0 Å². The molecular weight excluding hydrogens is 486 g/mol. The first-order valence-electron chi connectivity index (χ1n) is 9.67. The van der Waals surface area contributed by atoms with Crippen molar-refractivity contribution in [3.8, 4) is 11.5 Å². The van der Waals surface area contributed by atoms with Crippen LogP contribution in [0.4, 0.5) is 0 Å². The fourth-order valence-corrected chi connectivity index (χ4v) is 3.53. The second kappa shape index (κ2) is 11.7. The van der Waals surface area contributed by atoms with Crippen molar-refractivity contribution in [3.05, 3.63) is 57.0 Å². The molecule has 0 bridgehead atoms. The molecule has 0 fully saturated rings. The van der Waals surface area contributed by atoms with Crippen LogP contribution in [0.3, 0.4) is 0 Å². The zero-order valence-corrected chi connectivity index (χ0v) is 20.1. The van der Waals surface area contributed by atoms with Crippen molar-refractivity contribution in [1.82, 2.24) is 10.7 Å². The molecule has 0 heterocycles. The minimum absolute atomic E-state index is 0.165. The molecule has 31 heavy (non-hydrogen) atoms. The lowest BCUT2D eigenvalue weighted by molar-refractivity contribution is -0.123. The van der Waals surface area contributed by atoms with E-state index < -0.39 is 17.9 Å². The van der Waals surface area contributed by atoms with Crippen molar-refractivity contribution in [3.63, 3.8) is 0 Å². The Bertz CT molecular complexity index is 966. The zero-order chi connectivity index (χ0) is 23.0. The Kier molecular flexibility index (Phi) is 9.33. The molecule has 2 N–H and O–H groups in total. The summed E-state index contributed by atoms with van der Waals surface area (Å²) in [6, 6.07) is 9.40. The first-order valence-corrected chi connectivity index (χ1v) is 10.8. The summed E-state index contributed by atoms with van der Waals surface area (Å²) in [7, 11) is 1.54. The summed E-state index contributed by atoms with van der Waals surface area (Å²) in [4.78, 5) is 25.2. The Labute approximate surface area is 195 Å². The predicted molar refractivity (Wildman–Crippen MR) is 125 cm³/mol. The van der Waals surface area contributed by atoms with Crippen molar-refractivity contribution in [2.45, 2.75) is 26.8 Å². The first-order chi connectivity index (χ1) is 14.8. The van der Waals surface area contributed by atoms with Gasteiger partial charge in [0, 0.05) is 0 Å². The quantitative estimate of drug-likeness (QED) is 0.386. The number of methoxy groups -OCH3 is 1. The van der Waals surface area contributed by atoms with E-state index in [1.165, 1.54) is 6.21 Å². The average Bonchev–Trinajstić information content (AvgIpc) is 2.73. The second-order valence-corrected chi connectivity index (χ2v) is 8.14. The highest BCUT2D eigenvalue weighted by Crippen LogP contribution is 2.36. The molecule has 9 heteroatoms. The van der Waals surface area contributed by atoms with Crippen LogP contribution in [0.5, 0.6) is 11.5 Å². The lowest BCUT2D eigenvalue weighted by Gasteiger charge is -2.20. The highest BCUT2D eigenvalue weighted by Gasteiger charge is 2.25. The molecule has 0 aliphatic rings. The monoisotopic (exact) mass is 509 g/mol. The topological polar surface area (TPSA) is 89.0 Å². The summed E-state index contributed by atoms with van der Waals surface area (Å²) in [6.45, 7) is 6.03. The third-order valence-electron chi connectivity index (χ3n) is 4.28. The van der Waals surface area contributed by atoms with Gasteiger partial charge in [0.15, 0.2) is 11.5 Å². The van der Waals surface area contributed by atoms with Crippen LogP contribution >= 0.6 is 27.5 Å². The third-order valence-corrected chi connectivity index (χ3v) is 5.20. The number of ether oxygens (including phenoxy) is 2. The molecule has 0 aliphatic heterocycles. The van der Waals surface area contributed by atoms with Crippen LogP contribution in [0.1, 0.15) is 36.7 Å². The van der Waals surface area contributed by atoms with Gasteiger partial charge in [0.05, 0.1) is 35.0 Å². The van der Waals surface area contributed by atoms with E-state index in [9.17, 15) is 9.59 Å². The SMILES string of the molecule is CCOc1c(Br)cc(/C=N\NC(=O)C(NC(=O)c2ccccc2Cl)C(C)C)cc1OC. The van der Waals surface area contributed by atoms with E-state index in [1.54, 1.807) is 43.5 Å². The van der Waals surface area contributed by atoms with Crippen LogP contribution in [0, 0.1) is 5.92 Å². The van der Waals surface area contributed by atoms with Gasteiger partial charge in [-0.15, -0.1) is 0 Å². The van der Waals surface area contributed by atoms with Gasteiger partial charge >= 0.3 is 0 Å². The maximum absolute atomic E-state index is 12.6. The molecule has 0 saturated heterocycles. The fraction of sp³-hybridized carbons (Fsp3) is 0.318. The van der Waals surface area contributed by atoms with Crippen LogP contribution < -0.4 is 20.2 Å². The molecule has 0 radical (unpaired) electrons. The third kappa shape index (κ3) is 6.70. The van der Waals surface area contributed by atoms with Crippen LogP contribution in [-0.4, -0.2) is 37.8 Å². The van der Waals surface area contributed by atoms with Gasteiger partial charge in [-0.05, 0) is 58.6 Å². The molecule has 0 saturated carbocycles. The highest BCUT2D eigenvalue weighted by molar-refractivity contribution is 9.10. The molecule has 0 spiro atoms. The van der Waals surface area contributed by atoms with Crippen molar-refractivity contribution >= 4 is 45.6 Å². The molecule has 2 amide bonds. The lowest BCUT2D eigenvalue weighted by Crippen LogP contribution is -2.48. The van der Waals surface area contributed by atoms with Gasteiger partial charge < -0.3 is 14.8 Å². The minimum atomic E-state index is -0.789. The number of hydrazone groups is 1. The lowest BCUT2D eigenvalue weighted by atomic mass is 10.0.